The molecule has 0 saturated carbocycles. The largest absolute Gasteiger partial charge is 0.480 e. The number of imidazole rings is 1. The minimum absolute atomic E-state index is 0.221. The third-order valence-corrected chi connectivity index (χ3v) is 2.57. The van der Waals surface area contributed by atoms with E-state index in [1.807, 2.05) is 0 Å². The number of anilines is 1. The third kappa shape index (κ3) is 3.57. The molecule has 8 nitrogen and oxygen atoms in total. The van der Waals surface area contributed by atoms with Crippen molar-refractivity contribution < 1.29 is 14.7 Å². The molecule has 8 heteroatoms. The van der Waals surface area contributed by atoms with E-state index in [-0.39, 0.29) is 5.57 Å². The normalized spacial score (nSPS) is 10.9. The van der Waals surface area contributed by atoms with E-state index < -0.39 is 18.4 Å². The first-order valence-corrected chi connectivity index (χ1v) is 5.90. The van der Waals surface area contributed by atoms with Crippen LogP contribution >= 0.6 is 0 Å². The van der Waals surface area contributed by atoms with Crippen LogP contribution in [0.3, 0.4) is 0 Å². The van der Waals surface area contributed by atoms with Gasteiger partial charge in [0.2, 0.25) is 0 Å². The summed E-state index contributed by atoms with van der Waals surface area (Å²) in [6.07, 6.45) is 2.78. The standard InChI is InChI=1S/C13H11N5O3/c14-4-8(13(21)16-6-12(19)20)5-15-9-1-2-10-11(3-9)18-7-17-10/h1-3,5,7,15H,6H2,(H,16,21)(H,17,18)(H,19,20)/b8-5-. The van der Waals surface area contributed by atoms with Crippen molar-refractivity contribution in [3.05, 3.63) is 36.3 Å². The Morgan fingerprint density at radius 2 is 2.29 bits per heavy atom. The number of aromatic nitrogens is 2. The van der Waals surface area contributed by atoms with Crippen molar-refractivity contribution in [2.75, 3.05) is 11.9 Å². The molecule has 21 heavy (non-hydrogen) atoms. The number of hydrogen-bond acceptors (Lipinski definition) is 5. The summed E-state index contributed by atoms with van der Waals surface area (Å²) < 4.78 is 0. The van der Waals surface area contributed by atoms with Crippen LogP contribution in [-0.4, -0.2) is 33.5 Å². The number of hydrogen-bond donors (Lipinski definition) is 4. The molecule has 0 aliphatic rings. The Morgan fingerprint density at radius 1 is 1.48 bits per heavy atom. The first-order chi connectivity index (χ1) is 10.1. The van der Waals surface area contributed by atoms with Gasteiger partial charge in [-0.25, -0.2) is 4.98 Å². The van der Waals surface area contributed by atoms with Crippen molar-refractivity contribution in [1.29, 1.82) is 5.26 Å². The van der Waals surface area contributed by atoms with E-state index >= 15 is 0 Å². The number of nitrogens with zero attached hydrogens (tertiary/aromatic N) is 2. The molecule has 0 aliphatic carbocycles. The molecule has 0 fully saturated rings. The number of fused-ring (bicyclic) bond motifs is 1. The molecule has 0 aliphatic heterocycles. The Morgan fingerprint density at radius 3 is 3.00 bits per heavy atom. The van der Waals surface area contributed by atoms with Crippen molar-refractivity contribution >= 4 is 28.6 Å². The van der Waals surface area contributed by atoms with Crippen molar-refractivity contribution in [2.24, 2.45) is 0 Å². The van der Waals surface area contributed by atoms with Gasteiger partial charge in [-0.05, 0) is 18.2 Å². The first-order valence-electron chi connectivity index (χ1n) is 5.90. The van der Waals surface area contributed by atoms with Crippen LogP contribution in [0.2, 0.25) is 0 Å². The summed E-state index contributed by atoms with van der Waals surface area (Å²) in [6.45, 7) is -0.544. The lowest BCUT2D eigenvalue weighted by atomic mass is 10.2. The fraction of sp³-hybridized carbons (Fsp3) is 0.0769. The summed E-state index contributed by atoms with van der Waals surface area (Å²) in [6, 6.07) is 6.98. The van der Waals surface area contributed by atoms with Gasteiger partial charge < -0.3 is 20.7 Å². The molecule has 1 heterocycles. The van der Waals surface area contributed by atoms with Crippen LogP contribution in [0.15, 0.2) is 36.3 Å². The first kappa shape index (κ1) is 14.1. The fourth-order valence-corrected chi connectivity index (χ4v) is 1.58. The smallest absolute Gasteiger partial charge is 0.322 e. The van der Waals surface area contributed by atoms with Crippen LogP contribution in [-0.2, 0) is 9.59 Å². The maximum absolute atomic E-state index is 11.5. The second-order valence-electron chi connectivity index (χ2n) is 4.03. The number of H-pyrrole nitrogens is 1. The molecule has 1 amide bonds. The molecule has 4 N–H and O–H groups in total. The van der Waals surface area contributed by atoms with Gasteiger partial charge in [-0.15, -0.1) is 0 Å². The highest BCUT2D eigenvalue weighted by Crippen LogP contribution is 2.15. The highest BCUT2D eigenvalue weighted by Gasteiger charge is 2.09. The third-order valence-electron chi connectivity index (χ3n) is 2.57. The topological polar surface area (TPSA) is 131 Å². The second-order valence-corrected chi connectivity index (χ2v) is 4.03. The monoisotopic (exact) mass is 285 g/mol. The molecule has 0 bridgehead atoms. The number of rotatable bonds is 5. The lowest BCUT2D eigenvalue weighted by Gasteiger charge is -2.03. The molecular formula is C13H11N5O3. The molecule has 2 aromatic rings. The van der Waals surface area contributed by atoms with Crippen LogP contribution in [0.1, 0.15) is 0 Å². The van der Waals surface area contributed by atoms with Gasteiger partial charge in [-0.2, -0.15) is 5.26 Å². The average Bonchev–Trinajstić information content (AvgIpc) is 2.93. The Kier molecular flexibility index (Phi) is 4.16. The van der Waals surface area contributed by atoms with E-state index in [1.54, 1.807) is 30.6 Å². The van der Waals surface area contributed by atoms with Crippen LogP contribution < -0.4 is 10.6 Å². The van der Waals surface area contributed by atoms with Crippen molar-refractivity contribution in [1.82, 2.24) is 15.3 Å². The number of amides is 1. The molecule has 0 radical (unpaired) electrons. The number of carbonyl (C=O) groups excluding carboxylic acids is 1. The molecule has 2 rings (SSSR count). The number of nitrogens with one attached hydrogen (secondary N) is 3. The van der Waals surface area contributed by atoms with Crippen molar-refractivity contribution in [3.63, 3.8) is 0 Å². The number of carbonyl (C=O) groups is 2. The minimum Gasteiger partial charge on any atom is -0.480 e. The molecule has 106 valence electrons. The van der Waals surface area contributed by atoms with Gasteiger partial charge in [0.15, 0.2) is 0 Å². The quantitative estimate of drug-likeness (QED) is 0.469. The summed E-state index contributed by atoms with van der Waals surface area (Å²) in [4.78, 5) is 28.9. The van der Waals surface area contributed by atoms with Gasteiger partial charge in [-0.3, -0.25) is 9.59 Å². The second kappa shape index (κ2) is 6.21. The summed E-state index contributed by atoms with van der Waals surface area (Å²) in [5, 5.41) is 22.3. The number of aromatic amines is 1. The van der Waals surface area contributed by atoms with Crippen LogP contribution in [0, 0.1) is 11.3 Å². The molecule has 1 aromatic carbocycles. The number of benzene rings is 1. The van der Waals surface area contributed by atoms with Gasteiger partial charge in [0.25, 0.3) is 5.91 Å². The van der Waals surface area contributed by atoms with Gasteiger partial charge in [0, 0.05) is 11.9 Å². The van der Waals surface area contributed by atoms with E-state index in [1.165, 1.54) is 6.20 Å². The zero-order chi connectivity index (χ0) is 15.2. The van der Waals surface area contributed by atoms with E-state index in [2.05, 4.69) is 20.6 Å². The molecule has 1 aromatic heterocycles. The fourth-order valence-electron chi connectivity index (χ4n) is 1.58. The lowest BCUT2D eigenvalue weighted by molar-refractivity contribution is -0.137. The zero-order valence-corrected chi connectivity index (χ0v) is 10.8. The molecule has 0 unspecified atom stereocenters. The summed E-state index contributed by atoms with van der Waals surface area (Å²) in [7, 11) is 0. The summed E-state index contributed by atoms with van der Waals surface area (Å²) in [5.74, 6) is -1.94. The highest BCUT2D eigenvalue weighted by atomic mass is 16.4. The number of carboxylic acids is 1. The van der Waals surface area contributed by atoms with Crippen molar-refractivity contribution in [3.8, 4) is 6.07 Å². The van der Waals surface area contributed by atoms with E-state index in [0.29, 0.717) is 5.69 Å². The van der Waals surface area contributed by atoms with E-state index in [9.17, 15) is 9.59 Å². The Labute approximate surface area is 119 Å². The Bertz CT molecular complexity index is 756. The summed E-state index contributed by atoms with van der Waals surface area (Å²) in [5.41, 5.74) is 2.04. The average molecular weight is 285 g/mol. The van der Waals surface area contributed by atoms with Gasteiger partial charge >= 0.3 is 5.97 Å². The van der Waals surface area contributed by atoms with Gasteiger partial charge in [0.05, 0.1) is 17.4 Å². The highest BCUT2D eigenvalue weighted by molar-refractivity contribution is 5.98. The maximum Gasteiger partial charge on any atom is 0.322 e. The van der Waals surface area contributed by atoms with Crippen LogP contribution in [0.25, 0.3) is 11.0 Å². The van der Waals surface area contributed by atoms with Gasteiger partial charge in [0.1, 0.15) is 18.2 Å². The summed E-state index contributed by atoms with van der Waals surface area (Å²) >= 11 is 0. The van der Waals surface area contributed by atoms with E-state index in [4.69, 9.17) is 10.4 Å². The predicted molar refractivity (Wildman–Crippen MR) is 74.1 cm³/mol. The number of nitriles is 1. The van der Waals surface area contributed by atoms with Crippen LogP contribution in [0.5, 0.6) is 0 Å². The number of aliphatic carboxylic acids is 1. The zero-order valence-electron chi connectivity index (χ0n) is 10.8. The van der Waals surface area contributed by atoms with Crippen molar-refractivity contribution in [2.45, 2.75) is 0 Å². The lowest BCUT2D eigenvalue weighted by Crippen LogP contribution is -2.30. The molecule has 0 saturated heterocycles. The van der Waals surface area contributed by atoms with Gasteiger partial charge in [-0.1, -0.05) is 0 Å². The minimum atomic E-state index is -1.18. The predicted octanol–water partition coefficient (Wildman–Crippen LogP) is 0.583. The van der Waals surface area contributed by atoms with E-state index in [0.717, 1.165) is 11.0 Å². The molecule has 0 spiro atoms. The molecule has 0 atom stereocenters. The molecular weight excluding hydrogens is 274 g/mol. The van der Waals surface area contributed by atoms with Crippen LogP contribution in [0.4, 0.5) is 5.69 Å². The Balaban J connectivity index is 2.08. The maximum atomic E-state index is 11.5. The SMILES string of the molecule is N#C/C(=C/Nc1ccc2nc[nH]c2c1)C(=O)NCC(=O)O. The Hall–Kier alpha value is -3.34. The number of carboxylic acid groups (broad SMARTS) is 1.